The van der Waals surface area contributed by atoms with Gasteiger partial charge in [-0.3, -0.25) is 4.79 Å². The van der Waals surface area contributed by atoms with Crippen LogP contribution in [0.2, 0.25) is 0 Å². The third kappa shape index (κ3) is 4.71. The van der Waals surface area contributed by atoms with Crippen molar-refractivity contribution in [2.24, 2.45) is 5.92 Å². The normalized spacial score (nSPS) is 13.2. The molecule has 0 saturated carbocycles. The van der Waals surface area contributed by atoms with Crippen LogP contribution in [0.15, 0.2) is 29.2 Å². The van der Waals surface area contributed by atoms with Crippen LogP contribution in [-0.2, 0) is 14.8 Å². The number of rotatable bonds is 7. The number of carboxylic acids is 1. The summed E-state index contributed by atoms with van der Waals surface area (Å²) in [6.45, 7) is 5.30. The maximum absolute atomic E-state index is 12.3. The van der Waals surface area contributed by atoms with Crippen molar-refractivity contribution >= 4 is 21.7 Å². The van der Waals surface area contributed by atoms with Crippen molar-refractivity contribution in [2.75, 3.05) is 18.5 Å². The first-order valence-electron chi connectivity index (χ1n) is 6.70. The standard InChI is InChI=1S/C14H22N2O4S/c1-10(2)15-21(19,20)13-8-6-5-7-12(13)16(4)9-11(3)14(17)18/h5-8,10-11,15H,9H2,1-4H3,(H,17,18). The second-order valence-corrected chi connectivity index (χ2v) is 7.05. The molecule has 7 heteroatoms. The average Bonchev–Trinajstić information content (AvgIpc) is 2.37. The Bertz CT molecular complexity index is 599. The molecule has 0 bridgehead atoms. The molecule has 1 aromatic rings. The molecule has 0 radical (unpaired) electrons. The van der Waals surface area contributed by atoms with E-state index in [9.17, 15) is 13.2 Å². The highest BCUT2D eigenvalue weighted by Gasteiger charge is 2.22. The van der Waals surface area contributed by atoms with Gasteiger partial charge in [0.15, 0.2) is 0 Å². The van der Waals surface area contributed by atoms with Crippen molar-refractivity contribution < 1.29 is 18.3 Å². The van der Waals surface area contributed by atoms with Crippen molar-refractivity contribution in [1.29, 1.82) is 0 Å². The van der Waals surface area contributed by atoms with Crippen LogP contribution in [0.4, 0.5) is 5.69 Å². The number of anilines is 1. The predicted octanol–water partition coefficient (Wildman–Crippen LogP) is 1.53. The Balaban J connectivity index is 3.12. The Morgan fingerprint density at radius 1 is 1.29 bits per heavy atom. The maximum Gasteiger partial charge on any atom is 0.308 e. The van der Waals surface area contributed by atoms with Gasteiger partial charge in [0.25, 0.3) is 0 Å². The Labute approximate surface area is 125 Å². The second kappa shape index (κ2) is 6.91. The van der Waals surface area contributed by atoms with E-state index in [1.54, 1.807) is 50.9 Å². The van der Waals surface area contributed by atoms with Gasteiger partial charge >= 0.3 is 5.97 Å². The molecule has 0 aliphatic carbocycles. The van der Waals surface area contributed by atoms with E-state index in [0.717, 1.165) is 0 Å². The third-order valence-corrected chi connectivity index (χ3v) is 4.63. The van der Waals surface area contributed by atoms with Gasteiger partial charge in [-0.2, -0.15) is 0 Å². The zero-order chi connectivity index (χ0) is 16.2. The van der Waals surface area contributed by atoms with Crippen molar-refractivity contribution in [3.8, 4) is 0 Å². The SMILES string of the molecule is CC(C)NS(=O)(=O)c1ccccc1N(C)CC(C)C(=O)O. The number of para-hydroxylation sites is 1. The highest BCUT2D eigenvalue weighted by molar-refractivity contribution is 7.89. The molecule has 1 aromatic carbocycles. The van der Waals surface area contributed by atoms with Gasteiger partial charge in [0.2, 0.25) is 10.0 Å². The van der Waals surface area contributed by atoms with Crippen LogP contribution in [-0.4, -0.2) is 39.1 Å². The van der Waals surface area contributed by atoms with Crippen molar-refractivity contribution in [3.63, 3.8) is 0 Å². The number of nitrogens with one attached hydrogen (secondary N) is 1. The molecule has 21 heavy (non-hydrogen) atoms. The summed E-state index contributed by atoms with van der Waals surface area (Å²) < 4.78 is 27.2. The highest BCUT2D eigenvalue weighted by Crippen LogP contribution is 2.24. The van der Waals surface area contributed by atoms with Gasteiger partial charge in [0.1, 0.15) is 4.90 Å². The van der Waals surface area contributed by atoms with Crippen molar-refractivity contribution in [1.82, 2.24) is 4.72 Å². The molecule has 2 N–H and O–H groups in total. The molecule has 0 aromatic heterocycles. The van der Waals surface area contributed by atoms with Crippen LogP contribution >= 0.6 is 0 Å². The fourth-order valence-corrected chi connectivity index (χ4v) is 3.47. The van der Waals surface area contributed by atoms with Crippen LogP contribution in [0.25, 0.3) is 0 Å². The van der Waals surface area contributed by atoms with Gasteiger partial charge in [0, 0.05) is 19.6 Å². The number of nitrogens with zero attached hydrogens (tertiary/aromatic N) is 1. The summed E-state index contributed by atoms with van der Waals surface area (Å²) in [6, 6.07) is 6.34. The van der Waals surface area contributed by atoms with Gasteiger partial charge in [-0.15, -0.1) is 0 Å². The molecule has 1 atom stereocenters. The molecule has 0 amide bonds. The molecule has 0 spiro atoms. The van der Waals surface area contributed by atoms with E-state index in [1.807, 2.05) is 0 Å². The van der Waals surface area contributed by atoms with E-state index in [4.69, 9.17) is 5.11 Å². The van der Waals surface area contributed by atoms with Gasteiger partial charge in [0.05, 0.1) is 11.6 Å². The third-order valence-electron chi connectivity index (χ3n) is 2.93. The minimum Gasteiger partial charge on any atom is -0.481 e. The van der Waals surface area contributed by atoms with E-state index in [0.29, 0.717) is 5.69 Å². The molecule has 6 nitrogen and oxygen atoms in total. The molecule has 0 heterocycles. The molecule has 1 unspecified atom stereocenters. The van der Waals surface area contributed by atoms with E-state index >= 15 is 0 Å². The quantitative estimate of drug-likeness (QED) is 0.797. The lowest BCUT2D eigenvalue weighted by molar-refractivity contribution is -0.140. The topological polar surface area (TPSA) is 86.7 Å². The van der Waals surface area contributed by atoms with E-state index < -0.39 is 21.9 Å². The lowest BCUT2D eigenvalue weighted by atomic mass is 10.1. The number of aliphatic carboxylic acids is 1. The minimum atomic E-state index is -3.63. The number of hydrogen-bond acceptors (Lipinski definition) is 4. The Kier molecular flexibility index (Phi) is 5.74. The summed E-state index contributed by atoms with van der Waals surface area (Å²) in [7, 11) is -1.95. The lowest BCUT2D eigenvalue weighted by Crippen LogP contribution is -2.33. The first-order chi connectivity index (χ1) is 9.65. The van der Waals surface area contributed by atoms with E-state index in [-0.39, 0.29) is 17.5 Å². The monoisotopic (exact) mass is 314 g/mol. The number of benzene rings is 1. The van der Waals surface area contributed by atoms with Crippen LogP contribution < -0.4 is 9.62 Å². The Morgan fingerprint density at radius 3 is 2.38 bits per heavy atom. The summed E-state index contributed by atoms with van der Waals surface area (Å²) in [5, 5.41) is 8.97. The largest absolute Gasteiger partial charge is 0.481 e. The zero-order valence-corrected chi connectivity index (χ0v) is 13.5. The fourth-order valence-electron chi connectivity index (χ4n) is 1.96. The highest BCUT2D eigenvalue weighted by atomic mass is 32.2. The lowest BCUT2D eigenvalue weighted by Gasteiger charge is -2.24. The van der Waals surface area contributed by atoms with Gasteiger partial charge < -0.3 is 10.0 Å². The first-order valence-corrected chi connectivity index (χ1v) is 8.18. The van der Waals surface area contributed by atoms with Crippen molar-refractivity contribution in [2.45, 2.75) is 31.7 Å². The molecule has 118 valence electrons. The number of hydrogen-bond donors (Lipinski definition) is 2. The first kappa shape index (κ1) is 17.5. The van der Waals surface area contributed by atoms with Gasteiger partial charge in [-0.1, -0.05) is 19.1 Å². The molecule has 0 saturated heterocycles. The molecular weight excluding hydrogens is 292 g/mol. The molecule has 0 aliphatic heterocycles. The van der Waals surface area contributed by atoms with E-state index in [2.05, 4.69) is 4.72 Å². The fraction of sp³-hybridized carbons (Fsp3) is 0.500. The summed E-state index contributed by atoms with van der Waals surface area (Å²) in [5.41, 5.74) is 0.485. The second-order valence-electron chi connectivity index (χ2n) is 5.36. The smallest absolute Gasteiger partial charge is 0.308 e. The summed E-state index contributed by atoms with van der Waals surface area (Å²) in [4.78, 5) is 12.7. The Morgan fingerprint density at radius 2 is 1.86 bits per heavy atom. The molecule has 1 rings (SSSR count). The van der Waals surface area contributed by atoms with Crippen LogP contribution in [0.5, 0.6) is 0 Å². The zero-order valence-electron chi connectivity index (χ0n) is 12.7. The average molecular weight is 314 g/mol. The summed E-state index contributed by atoms with van der Waals surface area (Å²) >= 11 is 0. The van der Waals surface area contributed by atoms with Crippen molar-refractivity contribution in [3.05, 3.63) is 24.3 Å². The number of carbonyl (C=O) groups is 1. The number of carboxylic acid groups (broad SMARTS) is 1. The van der Waals surface area contributed by atoms with Gasteiger partial charge in [-0.25, -0.2) is 13.1 Å². The Hall–Kier alpha value is -1.60. The summed E-state index contributed by atoms with van der Waals surface area (Å²) in [5.74, 6) is -1.51. The van der Waals surface area contributed by atoms with Gasteiger partial charge in [-0.05, 0) is 26.0 Å². The predicted molar refractivity (Wildman–Crippen MR) is 82.0 cm³/mol. The van der Waals surface area contributed by atoms with Crippen LogP contribution in [0.1, 0.15) is 20.8 Å². The maximum atomic E-state index is 12.3. The summed E-state index contributed by atoms with van der Waals surface area (Å²) in [6.07, 6.45) is 0. The van der Waals surface area contributed by atoms with Crippen LogP contribution in [0.3, 0.4) is 0 Å². The molecule has 0 fully saturated rings. The van der Waals surface area contributed by atoms with Crippen LogP contribution in [0, 0.1) is 5.92 Å². The number of sulfonamides is 1. The molecule has 0 aliphatic rings. The molecular formula is C14H22N2O4S. The van der Waals surface area contributed by atoms with E-state index in [1.165, 1.54) is 6.07 Å². The minimum absolute atomic E-state index is 0.152.